The number of rotatable bonds is 7. The summed E-state index contributed by atoms with van der Waals surface area (Å²) in [7, 11) is -2.46. The van der Waals surface area contributed by atoms with Crippen LogP contribution in [0.3, 0.4) is 0 Å². The molecule has 0 saturated carbocycles. The predicted molar refractivity (Wildman–Crippen MR) is 113 cm³/mol. The lowest BCUT2D eigenvalue weighted by atomic mass is 10.1. The van der Waals surface area contributed by atoms with E-state index in [2.05, 4.69) is 10.5 Å². The molecule has 8 heteroatoms. The van der Waals surface area contributed by atoms with E-state index in [0.717, 1.165) is 5.56 Å². The van der Waals surface area contributed by atoms with Crippen molar-refractivity contribution in [2.75, 3.05) is 7.11 Å². The first-order chi connectivity index (χ1) is 14.4. The minimum Gasteiger partial charge on any atom is -0.497 e. The molecule has 0 bridgehead atoms. The fraction of sp³-hybridized carbons (Fsp3) is 0.0909. The highest BCUT2D eigenvalue weighted by atomic mass is 32.2. The van der Waals surface area contributed by atoms with Crippen molar-refractivity contribution in [2.45, 2.75) is 11.8 Å². The van der Waals surface area contributed by atoms with Gasteiger partial charge in [-0.3, -0.25) is 4.79 Å². The van der Waals surface area contributed by atoms with Gasteiger partial charge in [-0.2, -0.15) is 13.5 Å². The molecule has 30 heavy (non-hydrogen) atoms. The molecule has 3 rings (SSSR count). The Bertz CT molecular complexity index is 1150. The molecule has 0 heterocycles. The molecule has 0 aliphatic carbocycles. The SMILES string of the molecule is COc1ccc(S(=O)(=O)Oc2ccc(/C=N/NC(=O)c3cccc(C)c3)cc2)cc1. The number of hydrogen-bond acceptors (Lipinski definition) is 6. The third-order valence-electron chi connectivity index (χ3n) is 4.09. The second kappa shape index (κ2) is 9.23. The lowest BCUT2D eigenvalue weighted by Gasteiger charge is -2.08. The number of benzene rings is 3. The van der Waals surface area contributed by atoms with Crippen LogP contribution >= 0.6 is 0 Å². The van der Waals surface area contributed by atoms with Crippen molar-refractivity contribution in [1.29, 1.82) is 0 Å². The summed E-state index contributed by atoms with van der Waals surface area (Å²) < 4.78 is 34.9. The highest BCUT2D eigenvalue weighted by Gasteiger charge is 2.16. The molecule has 0 atom stereocenters. The summed E-state index contributed by atoms with van der Waals surface area (Å²) in [5.41, 5.74) is 4.60. The Morgan fingerprint density at radius 2 is 1.63 bits per heavy atom. The van der Waals surface area contributed by atoms with Crippen LogP contribution in [0, 0.1) is 6.92 Å². The molecule has 3 aromatic carbocycles. The molecular weight excluding hydrogens is 404 g/mol. The first-order valence-corrected chi connectivity index (χ1v) is 10.4. The number of carbonyl (C=O) groups is 1. The van der Waals surface area contributed by atoms with Crippen molar-refractivity contribution >= 4 is 22.2 Å². The summed E-state index contributed by atoms with van der Waals surface area (Å²) in [6, 6.07) is 19.3. The van der Waals surface area contributed by atoms with E-state index in [1.807, 2.05) is 13.0 Å². The molecule has 1 amide bonds. The zero-order valence-electron chi connectivity index (χ0n) is 16.4. The molecule has 0 aliphatic rings. The maximum Gasteiger partial charge on any atom is 0.339 e. The van der Waals surface area contributed by atoms with Crippen molar-refractivity contribution in [2.24, 2.45) is 5.10 Å². The Morgan fingerprint density at radius 1 is 0.967 bits per heavy atom. The van der Waals surface area contributed by atoms with Gasteiger partial charge in [-0.1, -0.05) is 17.7 Å². The minimum absolute atomic E-state index is 0.0211. The van der Waals surface area contributed by atoms with Gasteiger partial charge in [-0.05, 0) is 73.2 Å². The van der Waals surface area contributed by atoms with Gasteiger partial charge in [0.25, 0.3) is 5.91 Å². The molecule has 1 N–H and O–H groups in total. The van der Waals surface area contributed by atoms with E-state index < -0.39 is 10.1 Å². The molecule has 0 aromatic heterocycles. The van der Waals surface area contributed by atoms with Crippen molar-refractivity contribution in [3.63, 3.8) is 0 Å². The van der Waals surface area contributed by atoms with Crippen LogP contribution in [0.15, 0.2) is 82.8 Å². The minimum atomic E-state index is -3.96. The molecule has 7 nitrogen and oxygen atoms in total. The highest BCUT2D eigenvalue weighted by molar-refractivity contribution is 7.87. The van der Waals surface area contributed by atoms with E-state index in [1.165, 1.54) is 37.6 Å². The third kappa shape index (κ3) is 5.45. The summed E-state index contributed by atoms with van der Waals surface area (Å²) in [5.74, 6) is 0.388. The number of methoxy groups -OCH3 is 1. The van der Waals surface area contributed by atoms with Gasteiger partial charge in [0.2, 0.25) is 0 Å². The Hall–Kier alpha value is -3.65. The topological polar surface area (TPSA) is 94.1 Å². The maximum atomic E-state index is 12.4. The summed E-state index contributed by atoms with van der Waals surface area (Å²) >= 11 is 0. The molecule has 154 valence electrons. The van der Waals surface area contributed by atoms with E-state index >= 15 is 0 Å². The van der Waals surface area contributed by atoms with Gasteiger partial charge >= 0.3 is 10.1 Å². The number of hydrazone groups is 1. The van der Waals surface area contributed by atoms with Crippen LogP contribution < -0.4 is 14.3 Å². The molecular formula is C22H20N2O5S. The summed E-state index contributed by atoms with van der Waals surface area (Å²) in [5, 5.41) is 3.92. The van der Waals surface area contributed by atoms with Gasteiger partial charge in [0, 0.05) is 5.56 Å². The number of aryl methyl sites for hydroxylation is 1. The van der Waals surface area contributed by atoms with Crippen LogP contribution in [0.5, 0.6) is 11.5 Å². The fourth-order valence-corrected chi connectivity index (χ4v) is 3.47. The lowest BCUT2D eigenvalue weighted by Crippen LogP contribution is -2.17. The quantitative estimate of drug-likeness (QED) is 0.356. The Labute approximate surface area is 175 Å². The van der Waals surface area contributed by atoms with Gasteiger partial charge in [0.1, 0.15) is 16.4 Å². The molecule has 0 saturated heterocycles. The smallest absolute Gasteiger partial charge is 0.339 e. The van der Waals surface area contributed by atoms with Crippen LogP contribution in [0.1, 0.15) is 21.5 Å². The standard InChI is InChI=1S/C22H20N2O5S/c1-16-4-3-5-18(14-16)22(25)24-23-15-17-6-8-20(9-7-17)29-30(26,27)21-12-10-19(28-2)11-13-21/h3-15H,1-2H3,(H,24,25)/b23-15+. The van der Waals surface area contributed by atoms with Gasteiger partial charge in [0.15, 0.2) is 0 Å². The highest BCUT2D eigenvalue weighted by Crippen LogP contribution is 2.21. The van der Waals surface area contributed by atoms with Crippen molar-refractivity contribution < 1.29 is 22.1 Å². The average Bonchev–Trinajstić information content (AvgIpc) is 2.74. The lowest BCUT2D eigenvalue weighted by molar-refractivity contribution is 0.0955. The van der Waals surface area contributed by atoms with Gasteiger partial charge in [-0.15, -0.1) is 0 Å². The zero-order valence-corrected chi connectivity index (χ0v) is 17.2. The van der Waals surface area contributed by atoms with Crippen LogP contribution in [0.25, 0.3) is 0 Å². The van der Waals surface area contributed by atoms with Crippen molar-refractivity contribution in [1.82, 2.24) is 5.43 Å². The molecule has 0 spiro atoms. The van der Waals surface area contributed by atoms with E-state index in [-0.39, 0.29) is 16.6 Å². The van der Waals surface area contributed by atoms with Crippen LogP contribution in [-0.4, -0.2) is 27.6 Å². The summed E-state index contributed by atoms with van der Waals surface area (Å²) in [6.07, 6.45) is 1.45. The van der Waals surface area contributed by atoms with E-state index in [0.29, 0.717) is 16.9 Å². The van der Waals surface area contributed by atoms with Gasteiger partial charge < -0.3 is 8.92 Å². The second-order valence-corrected chi connectivity index (χ2v) is 7.90. The first-order valence-electron chi connectivity index (χ1n) is 8.96. The Morgan fingerprint density at radius 3 is 2.27 bits per heavy atom. The van der Waals surface area contributed by atoms with E-state index in [4.69, 9.17) is 8.92 Å². The zero-order chi connectivity index (χ0) is 21.6. The average molecular weight is 424 g/mol. The van der Waals surface area contributed by atoms with E-state index in [9.17, 15) is 13.2 Å². The molecule has 0 aliphatic heterocycles. The van der Waals surface area contributed by atoms with Crippen molar-refractivity contribution in [3.05, 3.63) is 89.5 Å². The summed E-state index contributed by atoms with van der Waals surface area (Å²) in [4.78, 5) is 12.1. The van der Waals surface area contributed by atoms with E-state index in [1.54, 1.807) is 42.5 Å². The number of hydrogen-bond donors (Lipinski definition) is 1. The van der Waals surface area contributed by atoms with Gasteiger partial charge in [0.05, 0.1) is 13.3 Å². The Kier molecular flexibility index (Phi) is 6.48. The fourth-order valence-electron chi connectivity index (χ4n) is 2.54. The normalized spacial score (nSPS) is 11.3. The number of nitrogens with one attached hydrogen (secondary N) is 1. The Balaban J connectivity index is 1.61. The number of ether oxygens (including phenoxy) is 1. The van der Waals surface area contributed by atoms with Crippen LogP contribution in [-0.2, 0) is 10.1 Å². The molecule has 0 fully saturated rings. The van der Waals surface area contributed by atoms with Crippen LogP contribution in [0.4, 0.5) is 0 Å². The predicted octanol–water partition coefficient (Wildman–Crippen LogP) is 3.54. The largest absolute Gasteiger partial charge is 0.497 e. The number of amides is 1. The second-order valence-electron chi connectivity index (χ2n) is 6.35. The first kappa shape index (κ1) is 21.1. The molecule has 0 radical (unpaired) electrons. The molecule has 0 unspecified atom stereocenters. The van der Waals surface area contributed by atoms with Crippen LogP contribution in [0.2, 0.25) is 0 Å². The third-order valence-corrected chi connectivity index (χ3v) is 5.36. The number of carbonyl (C=O) groups excluding carboxylic acids is 1. The van der Waals surface area contributed by atoms with Crippen molar-refractivity contribution in [3.8, 4) is 11.5 Å². The molecule has 3 aromatic rings. The maximum absolute atomic E-state index is 12.4. The number of nitrogens with zero attached hydrogens (tertiary/aromatic N) is 1. The summed E-state index contributed by atoms with van der Waals surface area (Å²) in [6.45, 7) is 1.90. The van der Waals surface area contributed by atoms with Gasteiger partial charge in [-0.25, -0.2) is 5.43 Å². The monoisotopic (exact) mass is 424 g/mol.